The molecule has 0 fully saturated rings. The molecule has 2 aromatic rings. The first kappa shape index (κ1) is 13.3. The van der Waals surface area contributed by atoms with E-state index in [1.165, 1.54) is 28.6 Å². The van der Waals surface area contributed by atoms with Gasteiger partial charge in [0.1, 0.15) is 0 Å². The van der Waals surface area contributed by atoms with E-state index in [9.17, 15) is 0 Å². The highest BCUT2D eigenvalue weighted by Gasteiger charge is 2.21. The van der Waals surface area contributed by atoms with E-state index in [-0.39, 0.29) is 0 Å². The summed E-state index contributed by atoms with van der Waals surface area (Å²) >= 11 is 5.50. The third kappa shape index (κ3) is 3.27. The van der Waals surface area contributed by atoms with Gasteiger partial charge >= 0.3 is 0 Å². The van der Waals surface area contributed by atoms with Crippen molar-refractivity contribution in [2.45, 2.75) is 38.3 Å². The lowest BCUT2D eigenvalue weighted by molar-refractivity contribution is 0.449. The molecule has 1 unspecified atom stereocenters. The molecule has 1 atom stereocenters. The number of nitrogens with one attached hydrogen (secondary N) is 1. The summed E-state index contributed by atoms with van der Waals surface area (Å²) < 4.78 is 3.40. The quantitative estimate of drug-likeness (QED) is 0.840. The summed E-state index contributed by atoms with van der Waals surface area (Å²) in [5.41, 5.74) is 1.52. The molecule has 19 heavy (non-hydrogen) atoms. The Balaban J connectivity index is 1.50. The van der Waals surface area contributed by atoms with Gasteiger partial charge in [0, 0.05) is 29.9 Å². The molecule has 1 aliphatic carbocycles. The minimum Gasteiger partial charge on any atom is -0.337 e. The summed E-state index contributed by atoms with van der Waals surface area (Å²) in [6.45, 7) is 2.11. The van der Waals surface area contributed by atoms with Gasteiger partial charge in [-0.1, -0.05) is 0 Å². The molecule has 0 aliphatic heterocycles. The highest BCUT2D eigenvalue weighted by molar-refractivity contribution is 9.11. The van der Waals surface area contributed by atoms with E-state index in [4.69, 9.17) is 0 Å². The van der Waals surface area contributed by atoms with Crippen LogP contribution in [0.15, 0.2) is 28.6 Å². The van der Waals surface area contributed by atoms with Crippen molar-refractivity contribution in [2.75, 3.05) is 6.54 Å². The van der Waals surface area contributed by atoms with Gasteiger partial charge in [-0.25, -0.2) is 4.98 Å². The van der Waals surface area contributed by atoms with Crippen LogP contribution in [0, 0.1) is 0 Å². The normalized spacial score (nSPS) is 18.5. The molecule has 102 valence electrons. The average Bonchev–Trinajstić information content (AvgIpc) is 3.02. The molecule has 5 heteroatoms. The van der Waals surface area contributed by atoms with E-state index in [1.54, 1.807) is 4.88 Å². The molecule has 2 aromatic heterocycles. The molecular formula is C14H18BrN3S. The minimum absolute atomic E-state index is 0.550. The second-order valence-electron chi connectivity index (χ2n) is 4.98. The van der Waals surface area contributed by atoms with Crippen molar-refractivity contribution in [3.05, 3.63) is 39.0 Å². The molecular weight excluding hydrogens is 322 g/mol. The molecule has 2 heterocycles. The van der Waals surface area contributed by atoms with Gasteiger partial charge in [-0.3, -0.25) is 0 Å². The molecule has 0 amide bonds. The van der Waals surface area contributed by atoms with Gasteiger partial charge in [0.15, 0.2) is 0 Å². The Labute approximate surface area is 126 Å². The largest absolute Gasteiger partial charge is 0.337 e. The van der Waals surface area contributed by atoms with Gasteiger partial charge < -0.3 is 9.88 Å². The van der Waals surface area contributed by atoms with Crippen LogP contribution in [0.4, 0.5) is 0 Å². The third-order valence-corrected chi connectivity index (χ3v) is 5.34. The Morgan fingerprint density at radius 1 is 1.53 bits per heavy atom. The van der Waals surface area contributed by atoms with Crippen LogP contribution in [0.1, 0.15) is 35.7 Å². The number of thiophene rings is 1. The molecule has 0 bridgehead atoms. The van der Waals surface area contributed by atoms with E-state index in [0.29, 0.717) is 6.04 Å². The summed E-state index contributed by atoms with van der Waals surface area (Å²) in [7, 11) is 0. The number of halogens is 1. The zero-order chi connectivity index (χ0) is 13.1. The smallest absolute Gasteiger partial charge is 0.0945 e. The number of hydrogen-bond acceptors (Lipinski definition) is 3. The van der Waals surface area contributed by atoms with Crippen molar-refractivity contribution in [3.63, 3.8) is 0 Å². The molecule has 1 aliphatic rings. The summed E-state index contributed by atoms with van der Waals surface area (Å²) in [5, 5.41) is 3.71. The molecule has 0 saturated heterocycles. The number of rotatable bonds is 5. The van der Waals surface area contributed by atoms with Gasteiger partial charge in [0.2, 0.25) is 0 Å². The summed E-state index contributed by atoms with van der Waals surface area (Å²) in [6.07, 6.45) is 10.7. The first-order valence-corrected chi connectivity index (χ1v) is 8.41. The van der Waals surface area contributed by atoms with E-state index in [1.807, 2.05) is 30.1 Å². The highest BCUT2D eigenvalue weighted by Crippen LogP contribution is 2.37. The fourth-order valence-corrected chi connectivity index (χ4v) is 4.51. The van der Waals surface area contributed by atoms with E-state index in [0.717, 1.165) is 19.5 Å². The lowest BCUT2D eigenvalue weighted by atomic mass is 9.94. The standard InChI is InChI=1S/C14H18BrN3S/c15-14-9-11-12(3-1-4-13(11)19-14)17-5-2-7-18-8-6-16-10-18/h6,8-10,12,17H,1-5,7H2. The molecule has 0 saturated carbocycles. The molecule has 3 rings (SSSR count). The first-order chi connectivity index (χ1) is 9.33. The number of fused-ring (bicyclic) bond motifs is 1. The number of aryl methyl sites for hydroxylation is 2. The van der Waals surface area contributed by atoms with Crippen LogP contribution < -0.4 is 5.32 Å². The summed E-state index contributed by atoms with van der Waals surface area (Å²) in [5.74, 6) is 0. The van der Waals surface area contributed by atoms with Gasteiger partial charge in [-0.2, -0.15) is 0 Å². The molecule has 0 spiro atoms. The number of imidazole rings is 1. The van der Waals surface area contributed by atoms with Crippen LogP contribution >= 0.6 is 27.3 Å². The van der Waals surface area contributed by atoms with Crippen LogP contribution in [-0.2, 0) is 13.0 Å². The van der Waals surface area contributed by atoms with Gasteiger partial charge in [-0.15, -0.1) is 11.3 Å². The SMILES string of the molecule is Brc1cc2c(s1)CCCC2NCCCn1ccnc1. The second-order valence-corrected chi connectivity index (χ2v) is 7.50. The van der Waals surface area contributed by atoms with Crippen LogP contribution in [-0.4, -0.2) is 16.1 Å². The Hall–Kier alpha value is -0.650. The van der Waals surface area contributed by atoms with Gasteiger partial charge in [-0.05, 0) is 59.8 Å². The Bertz CT molecular complexity index is 521. The fraction of sp³-hybridized carbons (Fsp3) is 0.500. The van der Waals surface area contributed by atoms with E-state index in [2.05, 4.69) is 36.9 Å². The number of nitrogens with zero attached hydrogens (tertiary/aromatic N) is 2. The highest BCUT2D eigenvalue weighted by atomic mass is 79.9. The van der Waals surface area contributed by atoms with Crippen LogP contribution in [0.2, 0.25) is 0 Å². The van der Waals surface area contributed by atoms with Crippen molar-refractivity contribution in [2.24, 2.45) is 0 Å². The summed E-state index contributed by atoms with van der Waals surface area (Å²) in [4.78, 5) is 5.62. The third-order valence-electron chi connectivity index (χ3n) is 3.63. The van der Waals surface area contributed by atoms with Crippen molar-refractivity contribution < 1.29 is 0 Å². The van der Waals surface area contributed by atoms with Crippen molar-refractivity contribution in [3.8, 4) is 0 Å². The van der Waals surface area contributed by atoms with Crippen molar-refractivity contribution >= 4 is 27.3 Å². The predicted octanol–water partition coefficient (Wildman–Crippen LogP) is 3.76. The topological polar surface area (TPSA) is 29.9 Å². The Kier molecular flexibility index (Phi) is 4.35. The predicted molar refractivity (Wildman–Crippen MR) is 82.5 cm³/mol. The maximum Gasteiger partial charge on any atom is 0.0945 e. The van der Waals surface area contributed by atoms with Crippen molar-refractivity contribution in [1.29, 1.82) is 0 Å². The minimum atomic E-state index is 0.550. The summed E-state index contributed by atoms with van der Waals surface area (Å²) in [6, 6.07) is 2.85. The van der Waals surface area contributed by atoms with Crippen LogP contribution in [0.5, 0.6) is 0 Å². The van der Waals surface area contributed by atoms with E-state index < -0.39 is 0 Å². The first-order valence-electron chi connectivity index (χ1n) is 6.80. The Morgan fingerprint density at radius 2 is 2.47 bits per heavy atom. The van der Waals surface area contributed by atoms with E-state index >= 15 is 0 Å². The molecule has 0 aromatic carbocycles. The van der Waals surface area contributed by atoms with Crippen molar-refractivity contribution in [1.82, 2.24) is 14.9 Å². The second kappa shape index (κ2) is 6.20. The average molecular weight is 340 g/mol. The number of hydrogen-bond donors (Lipinski definition) is 1. The number of aromatic nitrogens is 2. The zero-order valence-corrected chi connectivity index (χ0v) is 13.2. The lowest BCUT2D eigenvalue weighted by Crippen LogP contribution is -2.25. The van der Waals surface area contributed by atoms with Crippen LogP contribution in [0.25, 0.3) is 0 Å². The molecule has 1 N–H and O–H groups in total. The van der Waals surface area contributed by atoms with Gasteiger partial charge in [0.05, 0.1) is 10.1 Å². The maximum absolute atomic E-state index is 4.06. The zero-order valence-electron chi connectivity index (χ0n) is 10.8. The fourth-order valence-electron chi connectivity index (χ4n) is 2.69. The van der Waals surface area contributed by atoms with Gasteiger partial charge in [0.25, 0.3) is 0 Å². The monoisotopic (exact) mass is 339 g/mol. The van der Waals surface area contributed by atoms with Crippen LogP contribution in [0.3, 0.4) is 0 Å². The Morgan fingerprint density at radius 3 is 3.32 bits per heavy atom. The molecule has 3 nitrogen and oxygen atoms in total. The maximum atomic E-state index is 4.06. The molecule has 0 radical (unpaired) electrons. The lowest BCUT2D eigenvalue weighted by Gasteiger charge is -2.23.